The van der Waals surface area contributed by atoms with Gasteiger partial charge in [-0.3, -0.25) is 14.5 Å². The summed E-state index contributed by atoms with van der Waals surface area (Å²) < 4.78 is 45.5. The number of rotatable bonds is 5. The summed E-state index contributed by atoms with van der Waals surface area (Å²) in [7, 11) is 1.40. The first-order chi connectivity index (χ1) is 14.8. The van der Waals surface area contributed by atoms with Gasteiger partial charge in [-0.1, -0.05) is 36.4 Å². The number of alkyl halides is 3. The van der Waals surface area contributed by atoms with E-state index in [4.69, 9.17) is 4.74 Å². The van der Waals surface area contributed by atoms with E-state index < -0.39 is 17.0 Å². The fraction of sp³-hybridized carbons (Fsp3) is 0.227. The predicted octanol–water partition coefficient (Wildman–Crippen LogP) is 5.24. The van der Waals surface area contributed by atoms with Crippen molar-refractivity contribution in [3.63, 3.8) is 0 Å². The molecule has 160 valence electrons. The number of imide groups is 1. The van der Waals surface area contributed by atoms with Crippen LogP contribution in [-0.2, 0) is 17.4 Å². The number of thioether (sulfide) groups is 1. The molecule has 2 amide bonds. The van der Waals surface area contributed by atoms with E-state index in [9.17, 15) is 22.8 Å². The zero-order valence-corrected chi connectivity index (χ0v) is 17.2. The zero-order valence-electron chi connectivity index (χ0n) is 16.3. The summed E-state index contributed by atoms with van der Waals surface area (Å²) in [5.41, 5.74) is 0.445. The van der Waals surface area contributed by atoms with Crippen molar-refractivity contribution in [2.75, 3.05) is 13.7 Å². The molecule has 1 aliphatic rings. The van der Waals surface area contributed by atoms with Gasteiger partial charge in [0.25, 0.3) is 5.24 Å². The van der Waals surface area contributed by atoms with Crippen molar-refractivity contribution >= 4 is 33.8 Å². The minimum atomic E-state index is -4.46. The number of ether oxygens (including phenoxy) is 1. The number of carbonyl (C=O) groups excluding carboxylic acids is 2. The van der Waals surface area contributed by atoms with Gasteiger partial charge in [0.15, 0.2) is 0 Å². The maximum Gasteiger partial charge on any atom is 0.416 e. The van der Waals surface area contributed by atoms with Crippen LogP contribution in [0.5, 0.6) is 5.88 Å². The van der Waals surface area contributed by atoms with Crippen molar-refractivity contribution in [1.82, 2.24) is 9.88 Å². The van der Waals surface area contributed by atoms with Crippen LogP contribution in [0.4, 0.5) is 18.0 Å². The van der Waals surface area contributed by atoms with Gasteiger partial charge in [-0.25, -0.2) is 4.98 Å². The number of halogens is 3. The second kappa shape index (κ2) is 8.22. The molecule has 2 heterocycles. The summed E-state index contributed by atoms with van der Waals surface area (Å²) >= 11 is 0.862. The van der Waals surface area contributed by atoms with Crippen molar-refractivity contribution in [3.8, 4) is 5.88 Å². The van der Waals surface area contributed by atoms with Gasteiger partial charge in [-0.2, -0.15) is 13.2 Å². The monoisotopic (exact) mass is 446 g/mol. The largest absolute Gasteiger partial charge is 0.477 e. The van der Waals surface area contributed by atoms with Crippen LogP contribution < -0.4 is 4.74 Å². The summed E-state index contributed by atoms with van der Waals surface area (Å²) in [6, 6.07) is 14.3. The molecule has 5 nitrogen and oxygen atoms in total. The lowest BCUT2D eigenvalue weighted by atomic mass is 10.0. The van der Waals surface area contributed by atoms with E-state index in [1.165, 1.54) is 19.2 Å². The molecule has 0 aliphatic carbocycles. The lowest BCUT2D eigenvalue weighted by Crippen LogP contribution is -2.24. The van der Waals surface area contributed by atoms with E-state index in [-0.39, 0.29) is 35.6 Å². The first-order valence-electron chi connectivity index (χ1n) is 9.41. The van der Waals surface area contributed by atoms with Crippen molar-refractivity contribution in [1.29, 1.82) is 0 Å². The van der Waals surface area contributed by atoms with E-state index in [1.807, 2.05) is 12.1 Å². The number of aromatic nitrogens is 1. The minimum Gasteiger partial charge on any atom is -0.477 e. The highest BCUT2D eigenvalue weighted by Crippen LogP contribution is 2.42. The number of likely N-dealkylation sites (N-methyl/N-ethyl adjacent to an activating group) is 1. The molecule has 1 unspecified atom stereocenters. The van der Waals surface area contributed by atoms with Gasteiger partial charge in [0.1, 0.15) is 5.25 Å². The molecule has 0 bridgehead atoms. The predicted molar refractivity (Wildman–Crippen MR) is 111 cm³/mol. The Morgan fingerprint density at radius 2 is 1.81 bits per heavy atom. The molecular formula is C22H17F3N2O3S. The van der Waals surface area contributed by atoms with E-state index >= 15 is 0 Å². The molecule has 1 saturated heterocycles. The van der Waals surface area contributed by atoms with E-state index in [2.05, 4.69) is 4.98 Å². The SMILES string of the molecule is CN1C(=O)SC(c2cc3ccccc3nc2OCCc2ccccc2C(F)(F)F)C1=O. The van der Waals surface area contributed by atoms with Crippen LogP contribution in [0.15, 0.2) is 54.6 Å². The van der Waals surface area contributed by atoms with E-state index in [0.717, 1.165) is 28.1 Å². The highest BCUT2D eigenvalue weighted by atomic mass is 32.2. The van der Waals surface area contributed by atoms with Crippen LogP contribution in [0.25, 0.3) is 10.9 Å². The van der Waals surface area contributed by atoms with Gasteiger partial charge < -0.3 is 4.74 Å². The number of hydrogen-bond acceptors (Lipinski definition) is 5. The van der Waals surface area contributed by atoms with E-state index in [1.54, 1.807) is 24.3 Å². The third kappa shape index (κ3) is 4.23. The number of para-hydroxylation sites is 1. The van der Waals surface area contributed by atoms with Crippen molar-refractivity contribution in [2.24, 2.45) is 0 Å². The molecule has 2 aromatic carbocycles. The Labute approximate surface area is 180 Å². The minimum absolute atomic E-state index is 0.00815. The molecule has 0 N–H and O–H groups in total. The quantitative estimate of drug-likeness (QED) is 0.536. The topological polar surface area (TPSA) is 59.5 Å². The summed E-state index contributed by atoms with van der Waals surface area (Å²) in [6.45, 7) is -0.0687. The summed E-state index contributed by atoms with van der Waals surface area (Å²) in [4.78, 5) is 30.0. The highest BCUT2D eigenvalue weighted by molar-refractivity contribution is 8.15. The first kappa shape index (κ1) is 21.2. The number of nitrogens with zero attached hydrogens (tertiary/aromatic N) is 2. The van der Waals surface area contributed by atoms with Crippen LogP contribution in [0.3, 0.4) is 0 Å². The second-order valence-electron chi connectivity index (χ2n) is 6.99. The number of pyridine rings is 1. The van der Waals surface area contributed by atoms with Gasteiger partial charge in [0.2, 0.25) is 11.8 Å². The number of fused-ring (bicyclic) bond motifs is 1. The molecule has 9 heteroatoms. The Hall–Kier alpha value is -3.07. The Morgan fingerprint density at radius 1 is 1.10 bits per heavy atom. The molecule has 1 atom stereocenters. The van der Waals surface area contributed by atoms with Gasteiger partial charge in [0, 0.05) is 24.4 Å². The fourth-order valence-corrected chi connectivity index (χ4v) is 4.39. The Morgan fingerprint density at radius 3 is 2.52 bits per heavy atom. The summed E-state index contributed by atoms with van der Waals surface area (Å²) in [6.07, 6.45) is -4.45. The molecule has 31 heavy (non-hydrogen) atoms. The lowest BCUT2D eigenvalue weighted by Gasteiger charge is -2.16. The summed E-state index contributed by atoms with van der Waals surface area (Å²) in [5.74, 6) is -0.253. The highest BCUT2D eigenvalue weighted by Gasteiger charge is 2.40. The Bertz CT molecular complexity index is 1170. The Balaban J connectivity index is 1.63. The van der Waals surface area contributed by atoms with Crippen LogP contribution >= 0.6 is 11.8 Å². The maximum atomic E-state index is 13.2. The van der Waals surface area contributed by atoms with E-state index in [0.29, 0.717) is 11.1 Å². The normalized spacial score (nSPS) is 16.9. The van der Waals surface area contributed by atoms with Gasteiger partial charge >= 0.3 is 6.18 Å². The van der Waals surface area contributed by atoms with Crippen molar-refractivity contribution in [2.45, 2.75) is 17.8 Å². The molecule has 0 saturated carbocycles. The molecular weight excluding hydrogens is 429 g/mol. The Kier molecular flexibility index (Phi) is 5.62. The molecule has 1 aromatic heterocycles. The molecule has 4 rings (SSSR count). The van der Waals surface area contributed by atoms with Crippen LogP contribution in [-0.4, -0.2) is 34.7 Å². The molecule has 1 fully saturated rings. The maximum absolute atomic E-state index is 13.2. The average molecular weight is 446 g/mol. The molecule has 3 aromatic rings. The van der Waals surface area contributed by atoms with Gasteiger partial charge in [0.05, 0.1) is 17.7 Å². The standard InChI is InChI=1S/C22H17F3N2O3S/c1-27-20(28)18(31-21(27)29)15-12-14-7-3-5-9-17(14)26-19(15)30-11-10-13-6-2-4-8-16(13)22(23,24)25/h2-9,12,18H,10-11H2,1H3. The number of benzene rings is 2. The number of hydrogen-bond donors (Lipinski definition) is 0. The van der Waals surface area contributed by atoms with Gasteiger partial charge in [-0.05, 0) is 35.5 Å². The third-order valence-corrected chi connectivity index (χ3v) is 6.15. The van der Waals surface area contributed by atoms with Crippen molar-refractivity contribution in [3.05, 3.63) is 71.3 Å². The zero-order chi connectivity index (χ0) is 22.2. The first-order valence-corrected chi connectivity index (χ1v) is 10.3. The smallest absolute Gasteiger partial charge is 0.416 e. The molecule has 1 aliphatic heterocycles. The molecule has 0 radical (unpaired) electrons. The van der Waals surface area contributed by atoms with Crippen molar-refractivity contribution < 1.29 is 27.5 Å². The van der Waals surface area contributed by atoms with Crippen LogP contribution in [0.2, 0.25) is 0 Å². The summed E-state index contributed by atoms with van der Waals surface area (Å²) in [5, 5.41) is -0.428. The van der Waals surface area contributed by atoms with Crippen LogP contribution in [0, 0.1) is 0 Å². The lowest BCUT2D eigenvalue weighted by molar-refractivity contribution is -0.138. The molecule has 0 spiro atoms. The van der Waals surface area contributed by atoms with Gasteiger partial charge in [-0.15, -0.1) is 0 Å². The average Bonchev–Trinajstić information content (AvgIpc) is 3.00. The second-order valence-corrected chi connectivity index (χ2v) is 8.05. The number of amides is 2. The van der Waals surface area contributed by atoms with Crippen LogP contribution in [0.1, 0.15) is 21.9 Å². The number of carbonyl (C=O) groups is 2. The fourth-order valence-electron chi connectivity index (χ4n) is 3.38. The third-order valence-electron chi connectivity index (χ3n) is 4.98.